The van der Waals surface area contributed by atoms with Crippen molar-refractivity contribution >= 4 is 52.3 Å². The number of thiocarbonyl (C=S) groups is 3. The van der Waals surface area contributed by atoms with Crippen LogP contribution in [0.15, 0.2) is 0 Å². The van der Waals surface area contributed by atoms with Crippen LogP contribution in [0.2, 0.25) is 0 Å². The Kier molecular flexibility index (Phi) is 5.59. The first-order chi connectivity index (χ1) is 3.81. The fraction of sp³-hybridized carbons (Fsp3) is 0.400. The highest BCUT2D eigenvalue weighted by Crippen LogP contribution is 1.87. The van der Waals surface area contributed by atoms with Gasteiger partial charge in [-0.2, -0.15) is 0 Å². The zero-order chi connectivity index (χ0) is 6.41. The molecular formula is C5H6S3. The highest BCUT2D eigenvalue weighted by Gasteiger charge is 1.87. The molecule has 0 rings (SSSR count). The molecule has 0 nitrogen and oxygen atoms in total. The van der Waals surface area contributed by atoms with Crippen LogP contribution in [-0.2, 0) is 0 Å². The molecule has 0 amide bonds. The maximum atomic E-state index is 4.86. The fourth-order valence-corrected chi connectivity index (χ4v) is 1.05. The van der Waals surface area contributed by atoms with Crippen molar-refractivity contribution in [3.8, 4) is 0 Å². The zero-order valence-corrected chi connectivity index (χ0v) is 6.74. The third-order valence-corrected chi connectivity index (χ3v) is 1.29. The molecule has 0 unspecified atom stereocenters. The van der Waals surface area contributed by atoms with E-state index in [2.05, 4.69) is 24.4 Å². The molecule has 8 heavy (non-hydrogen) atoms. The van der Waals surface area contributed by atoms with Crippen LogP contribution in [0, 0.1) is 0 Å². The Labute approximate surface area is 65.3 Å². The monoisotopic (exact) mass is 162 g/mol. The topological polar surface area (TPSA) is 0 Å². The molecule has 0 radical (unpaired) electrons. The van der Waals surface area contributed by atoms with Crippen molar-refractivity contribution in [1.29, 1.82) is 0 Å². The first kappa shape index (κ1) is 8.27. The van der Waals surface area contributed by atoms with Crippen molar-refractivity contribution in [2.75, 3.05) is 0 Å². The van der Waals surface area contributed by atoms with Crippen LogP contribution in [0.25, 0.3) is 0 Å². The molecular weight excluding hydrogens is 156 g/mol. The summed E-state index contributed by atoms with van der Waals surface area (Å²) in [5.41, 5.74) is 0. The summed E-state index contributed by atoms with van der Waals surface area (Å²) in [5, 5.41) is 3.25. The second-order valence-corrected chi connectivity index (χ2v) is 2.52. The molecule has 0 aromatic carbocycles. The van der Waals surface area contributed by atoms with Crippen LogP contribution in [-0.4, -0.2) is 15.6 Å². The van der Waals surface area contributed by atoms with Crippen molar-refractivity contribution in [1.82, 2.24) is 0 Å². The number of hydrogen-bond donors (Lipinski definition) is 0. The predicted molar refractivity (Wildman–Crippen MR) is 49.1 cm³/mol. The molecule has 0 fully saturated rings. The van der Waals surface area contributed by atoms with Crippen molar-refractivity contribution < 1.29 is 0 Å². The Morgan fingerprint density at radius 1 is 1.12 bits per heavy atom. The van der Waals surface area contributed by atoms with E-state index >= 15 is 0 Å². The van der Waals surface area contributed by atoms with Gasteiger partial charge in [-0.05, 0) is 10.7 Å². The summed E-state index contributed by atoms with van der Waals surface area (Å²) in [4.78, 5) is 0.926. The van der Waals surface area contributed by atoms with Gasteiger partial charge in [-0.25, -0.2) is 0 Å². The number of rotatable bonds is 4. The van der Waals surface area contributed by atoms with Gasteiger partial charge in [0.25, 0.3) is 0 Å². The molecule has 0 aliphatic carbocycles. The van der Waals surface area contributed by atoms with Gasteiger partial charge >= 0.3 is 0 Å². The van der Waals surface area contributed by atoms with Gasteiger partial charge in [-0.15, -0.1) is 0 Å². The fourth-order valence-electron chi connectivity index (χ4n) is 0.269. The van der Waals surface area contributed by atoms with E-state index in [-0.39, 0.29) is 0 Å². The van der Waals surface area contributed by atoms with E-state index in [4.69, 9.17) is 12.2 Å². The lowest BCUT2D eigenvalue weighted by Gasteiger charge is -1.88. The van der Waals surface area contributed by atoms with E-state index < -0.39 is 0 Å². The van der Waals surface area contributed by atoms with Gasteiger partial charge in [0.15, 0.2) is 0 Å². The average Bonchev–Trinajstić information content (AvgIpc) is 1.68. The summed E-state index contributed by atoms with van der Waals surface area (Å²) in [7, 11) is 0. The number of hydrogen-bond acceptors (Lipinski definition) is 3. The first-order valence-corrected chi connectivity index (χ1v) is 3.55. The lowest BCUT2D eigenvalue weighted by molar-refractivity contribution is 1.60. The molecule has 0 saturated heterocycles. The minimum atomic E-state index is 0.734. The Morgan fingerprint density at radius 2 is 1.50 bits per heavy atom. The van der Waals surface area contributed by atoms with Crippen LogP contribution < -0.4 is 0 Å². The molecule has 0 aromatic heterocycles. The van der Waals surface area contributed by atoms with Gasteiger partial charge < -0.3 is 0 Å². The Hall–Kier alpha value is 0.270. The van der Waals surface area contributed by atoms with Gasteiger partial charge in [0.05, 0.1) is 0 Å². The molecule has 0 bridgehead atoms. The summed E-state index contributed by atoms with van der Waals surface area (Å²) < 4.78 is 0. The van der Waals surface area contributed by atoms with Crippen LogP contribution in [0.4, 0.5) is 0 Å². The molecule has 3 heteroatoms. The van der Waals surface area contributed by atoms with Gasteiger partial charge in [0.2, 0.25) is 0 Å². The second kappa shape index (κ2) is 5.41. The van der Waals surface area contributed by atoms with Crippen molar-refractivity contribution in [3.05, 3.63) is 0 Å². The lowest BCUT2D eigenvalue weighted by Crippen LogP contribution is -1.92. The molecule has 0 saturated carbocycles. The summed E-state index contributed by atoms with van der Waals surface area (Å²) in [6, 6.07) is 0. The lowest BCUT2D eigenvalue weighted by atomic mass is 10.3. The van der Waals surface area contributed by atoms with E-state index in [9.17, 15) is 0 Å². The van der Waals surface area contributed by atoms with Crippen molar-refractivity contribution in [2.24, 2.45) is 0 Å². The smallest absolute Gasteiger partial charge is 0.00751 e. The van der Waals surface area contributed by atoms with Crippen LogP contribution in [0.3, 0.4) is 0 Å². The minimum Gasteiger partial charge on any atom is -0.0931 e. The highest BCUT2D eigenvalue weighted by molar-refractivity contribution is 7.82. The molecule has 44 valence electrons. The van der Waals surface area contributed by atoms with E-state index in [1.54, 1.807) is 10.7 Å². The quantitative estimate of drug-likeness (QED) is 0.581. The van der Waals surface area contributed by atoms with Crippen LogP contribution in [0.1, 0.15) is 12.8 Å². The molecule has 0 spiro atoms. The Balaban J connectivity index is 3.32. The van der Waals surface area contributed by atoms with Gasteiger partial charge in [0.1, 0.15) is 0 Å². The van der Waals surface area contributed by atoms with Gasteiger partial charge in [-0.3, -0.25) is 0 Å². The molecule has 0 atom stereocenters. The predicted octanol–water partition coefficient (Wildman–Crippen LogP) is 2.14. The van der Waals surface area contributed by atoms with Crippen molar-refractivity contribution in [2.45, 2.75) is 12.8 Å². The molecule has 0 aliphatic heterocycles. The van der Waals surface area contributed by atoms with Crippen LogP contribution in [0.5, 0.6) is 0 Å². The zero-order valence-electron chi connectivity index (χ0n) is 4.29. The third kappa shape index (κ3) is 4.43. The maximum absolute atomic E-state index is 4.86. The summed E-state index contributed by atoms with van der Waals surface area (Å²) in [6.07, 6.45) is 1.47. The van der Waals surface area contributed by atoms with E-state index in [0.29, 0.717) is 0 Å². The van der Waals surface area contributed by atoms with E-state index in [0.717, 1.165) is 17.7 Å². The summed E-state index contributed by atoms with van der Waals surface area (Å²) in [5.74, 6) is 0. The standard InChI is InChI=1S/C5H6S3/c6-3-1-5(8)2-4-7/h3-4H,1-2H2. The van der Waals surface area contributed by atoms with E-state index in [1.165, 1.54) is 0 Å². The van der Waals surface area contributed by atoms with Gasteiger partial charge in [-0.1, -0.05) is 36.7 Å². The maximum Gasteiger partial charge on any atom is 0.00751 e. The SMILES string of the molecule is S=CCC(=S)CC=S. The van der Waals surface area contributed by atoms with Crippen molar-refractivity contribution in [3.63, 3.8) is 0 Å². The molecule has 0 N–H and O–H groups in total. The van der Waals surface area contributed by atoms with Gasteiger partial charge in [0, 0.05) is 17.7 Å². The third-order valence-electron chi connectivity index (χ3n) is 0.622. The molecule has 0 aromatic rings. The summed E-state index contributed by atoms with van der Waals surface area (Å²) in [6.45, 7) is 0. The normalized spacial score (nSPS) is 8.00. The largest absolute Gasteiger partial charge is 0.0931 e. The molecule has 0 heterocycles. The molecule has 0 aliphatic rings. The van der Waals surface area contributed by atoms with E-state index in [1.807, 2.05) is 0 Å². The Morgan fingerprint density at radius 3 is 1.75 bits per heavy atom. The average molecular weight is 162 g/mol. The Bertz CT molecular complexity index is 94.2. The summed E-state index contributed by atoms with van der Waals surface area (Å²) >= 11 is 14.0. The minimum absolute atomic E-state index is 0.734. The first-order valence-electron chi connectivity index (χ1n) is 2.20. The highest BCUT2D eigenvalue weighted by atomic mass is 32.1. The second-order valence-electron chi connectivity index (χ2n) is 1.28. The van der Waals surface area contributed by atoms with Crippen LogP contribution >= 0.6 is 36.7 Å².